The molecule has 0 amide bonds. The number of hydrogen-bond acceptors (Lipinski definition) is 1. The van der Waals surface area contributed by atoms with Crippen LogP contribution in [0.4, 0.5) is 0 Å². The molecule has 0 heterocycles. The molecule has 2 aromatic carbocycles. The third kappa shape index (κ3) is 2.89. The van der Waals surface area contributed by atoms with E-state index < -0.39 is 6.10 Å². The monoisotopic (exact) mass is 344 g/mol. The standard InChI is InChI=1S/C14H11BrCl2O/c1-8-2-3-9(6-12(8)15)14(18)11-5-4-10(16)7-13(11)17/h2-7,14,18H,1H3. The molecule has 1 unspecified atom stereocenters. The van der Waals surface area contributed by atoms with Crippen LogP contribution in [-0.2, 0) is 0 Å². The van der Waals surface area contributed by atoms with Gasteiger partial charge in [-0.05, 0) is 36.2 Å². The molecule has 18 heavy (non-hydrogen) atoms. The highest BCUT2D eigenvalue weighted by Crippen LogP contribution is 2.32. The van der Waals surface area contributed by atoms with Crippen molar-refractivity contribution in [3.05, 3.63) is 67.6 Å². The Morgan fingerprint density at radius 2 is 1.83 bits per heavy atom. The van der Waals surface area contributed by atoms with E-state index in [1.165, 1.54) is 0 Å². The van der Waals surface area contributed by atoms with E-state index in [1.54, 1.807) is 18.2 Å². The van der Waals surface area contributed by atoms with Crippen LogP contribution in [0.25, 0.3) is 0 Å². The number of aryl methyl sites for hydroxylation is 1. The molecule has 0 aliphatic carbocycles. The van der Waals surface area contributed by atoms with E-state index in [4.69, 9.17) is 23.2 Å². The molecule has 0 aliphatic rings. The first kappa shape index (κ1) is 13.9. The molecule has 0 radical (unpaired) electrons. The SMILES string of the molecule is Cc1ccc(C(O)c2ccc(Cl)cc2Cl)cc1Br. The van der Waals surface area contributed by atoms with Gasteiger partial charge in [-0.2, -0.15) is 0 Å². The first-order valence-corrected chi connectivity index (χ1v) is 6.93. The maximum absolute atomic E-state index is 10.3. The number of benzene rings is 2. The second-order valence-corrected chi connectivity index (χ2v) is 5.77. The number of aliphatic hydroxyl groups excluding tert-OH is 1. The van der Waals surface area contributed by atoms with Crippen molar-refractivity contribution in [2.75, 3.05) is 0 Å². The second-order valence-electron chi connectivity index (χ2n) is 4.08. The Kier molecular flexibility index (Phi) is 4.33. The molecule has 1 N–H and O–H groups in total. The molecule has 1 atom stereocenters. The lowest BCUT2D eigenvalue weighted by atomic mass is 10.0. The van der Waals surface area contributed by atoms with Crippen molar-refractivity contribution in [1.29, 1.82) is 0 Å². The van der Waals surface area contributed by atoms with Crippen LogP contribution < -0.4 is 0 Å². The largest absolute Gasteiger partial charge is 0.384 e. The van der Waals surface area contributed by atoms with Gasteiger partial charge >= 0.3 is 0 Å². The van der Waals surface area contributed by atoms with E-state index >= 15 is 0 Å². The fourth-order valence-electron chi connectivity index (χ4n) is 1.68. The summed E-state index contributed by atoms with van der Waals surface area (Å²) < 4.78 is 0.962. The van der Waals surface area contributed by atoms with E-state index in [0.717, 1.165) is 15.6 Å². The maximum Gasteiger partial charge on any atom is 0.106 e. The summed E-state index contributed by atoms with van der Waals surface area (Å²) in [6, 6.07) is 10.8. The Balaban J connectivity index is 2.41. The van der Waals surface area contributed by atoms with E-state index in [2.05, 4.69) is 15.9 Å². The molecule has 0 bridgehead atoms. The third-order valence-electron chi connectivity index (χ3n) is 2.77. The van der Waals surface area contributed by atoms with E-state index in [1.807, 2.05) is 25.1 Å². The molecule has 0 saturated heterocycles. The Morgan fingerprint density at radius 3 is 2.44 bits per heavy atom. The van der Waals surface area contributed by atoms with Gasteiger partial charge in [0.1, 0.15) is 6.10 Å². The van der Waals surface area contributed by atoms with Crippen molar-refractivity contribution < 1.29 is 5.11 Å². The molecular formula is C14H11BrCl2O. The van der Waals surface area contributed by atoms with Crippen molar-refractivity contribution in [1.82, 2.24) is 0 Å². The lowest BCUT2D eigenvalue weighted by Gasteiger charge is -2.14. The van der Waals surface area contributed by atoms with Crippen LogP contribution in [0.15, 0.2) is 40.9 Å². The average molecular weight is 346 g/mol. The number of hydrogen-bond donors (Lipinski definition) is 1. The summed E-state index contributed by atoms with van der Waals surface area (Å²) in [7, 11) is 0. The molecule has 0 fully saturated rings. The maximum atomic E-state index is 10.3. The van der Waals surface area contributed by atoms with Gasteiger partial charge in [0.2, 0.25) is 0 Å². The summed E-state index contributed by atoms with van der Waals surface area (Å²) in [5, 5.41) is 11.4. The van der Waals surface area contributed by atoms with Crippen LogP contribution in [0.1, 0.15) is 22.8 Å². The van der Waals surface area contributed by atoms with Crippen LogP contribution in [0.3, 0.4) is 0 Å². The summed E-state index contributed by atoms with van der Waals surface area (Å²) in [5.41, 5.74) is 2.56. The van der Waals surface area contributed by atoms with Gasteiger partial charge in [0, 0.05) is 20.1 Å². The van der Waals surface area contributed by atoms with Gasteiger partial charge in [-0.1, -0.05) is 57.3 Å². The molecule has 0 aromatic heterocycles. The Hall–Kier alpha value is -0.540. The summed E-state index contributed by atoms with van der Waals surface area (Å²) in [4.78, 5) is 0. The third-order valence-corrected chi connectivity index (χ3v) is 4.19. The highest BCUT2D eigenvalue weighted by Gasteiger charge is 2.14. The van der Waals surface area contributed by atoms with Crippen LogP contribution in [0, 0.1) is 6.92 Å². The molecule has 1 nitrogen and oxygen atoms in total. The van der Waals surface area contributed by atoms with Gasteiger partial charge in [-0.15, -0.1) is 0 Å². The number of halogens is 3. The van der Waals surface area contributed by atoms with Gasteiger partial charge in [-0.3, -0.25) is 0 Å². The number of aliphatic hydroxyl groups is 1. The Bertz CT molecular complexity index is 584. The highest BCUT2D eigenvalue weighted by molar-refractivity contribution is 9.10. The van der Waals surface area contributed by atoms with Crippen LogP contribution >= 0.6 is 39.1 Å². The van der Waals surface area contributed by atoms with Gasteiger partial charge in [0.25, 0.3) is 0 Å². The predicted octanol–water partition coefficient (Wildman–Crippen LogP) is 5.15. The number of rotatable bonds is 2. The Morgan fingerprint density at radius 1 is 1.11 bits per heavy atom. The minimum Gasteiger partial charge on any atom is -0.384 e. The second kappa shape index (κ2) is 5.62. The minimum absolute atomic E-state index is 0.465. The van der Waals surface area contributed by atoms with Gasteiger partial charge in [-0.25, -0.2) is 0 Å². The molecule has 4 heteroatoms. The predicted molar refractivity (Wildman–Crippen MR) is 79.4 cm³/mol. The van der Waals surface area contributed by atoms with E-state index in [-0.39, 0.29) is 0 Å². The van der Waals surface area contributed by atoms with E-state index in [0.29, 0.717) is 15.6 Å². The van der Waals surface area contributed by atoms with Crippen LogP contribution in [0.5, 0.6) is 0 Å². The first-order valence-electron chi connectivity index (χ1n) is 5.38. The van der Waals surface area contributed by atoms with E-state index in [9.17, 15) is 5.11 Å². The summed E-state index contributed by atoms with van der Waals surface area (Å²) >= 11 is 15.4. The molecule has 2 rings (SSSR count). The van der Waals surface area contributed by atoms with Gasteiger partial charge in [0.05, 0.1) is 0 Å². The lowest BCUT2D eigenvalue weighted by molar-refractivity contribution is 0.220. The quantitative estimate of drug-likeness (QED) is 0.798. The van der Waals surface area contributed by atoms with Crippen molar-refractivity contribution in [2.24, 2.45) is 0 Å². The molecule has 0 aliphatic heterocycles. The molecule has 2 aromatic rings. The van der Waals surface area contributed by atoms with Gasteiger partial charge < -0.3 is 5.11 Å². The molecule has 94 valence electrons. The Labute approximate surface area is 124 Å². The summed E-state index contributed by atoms with van der Waals surface area (Å²) in [6.45, 7) is 2.00. The fourth-order valence-corrected chi connectivity index (χ4v) is 2.59. The molecule has 0 spiro atoms. The zero-order chi connectivity index (χ0) is 13.3. The zero-order valence-corrected chi connectivity index (χ0v) is 12.7. The molecular weight excluding hydrogens is 335 g/mol. The summed E-state index contributed by atoms with van der Waals surface area (Å²) in [5.74, 6) is 0. The fraction of sp³-hybridized carbons (Fsp3) is 0.143. The average Bonchev–Trinajstić information content (AvgIpc) is 2.32. The summed E-state index contributed by atoms with van der Waals surface area (Å²) in [6.07, 6.45) is -0.758. The van der Waals surface area contributed by atoms with Gasteiger partial charge in [0.15, 0.2) is 0 Å². The van der Waals surface area contributed by atoms with Crippen molar-refractivity contribution in [2.45, 2.75) is 13.0 Å². The van der Waals surface area contributed by atoms with Crippen LogP contribution in [0.2, 0.25) is 10.0 Å². The van der Waals surface area contributed by atoms with Crippen LogP contribution in [-0.4, -0.2) is 5.11 Å². The lowest BCUT2D eigenvalue weighted by Crippen LogP contribution is -2.00. The first-order chi connectivity index (χ1) is 8.49. The van der Waals surface area contributed by atoms with Crippen molar-refractivity contribution >= 4 is 39.1 Å². The minimum atomic E-state index is -0.758. The molecule has 0 saturated carbocycles. The van der Waals surface area contributed by atoms with Crippen molar-refractivity contribution in [3.8, 4) is 0 Å². The highest BCUT2D eigenvalue weighted by atomic mass is 79.9. The smallest absolute Gasteiger partial charge is 0.106 e. The zero-order valence-electron chi connectivity index (χ0n) is 9.62. The topological polar surface area (TPSA) is 20.2 Å². The van der Waals surface area contributed by atoms with Crippen molar-refractivity contribution in [3.63, 3.8) is 0 Å². The normalized spacial score (nSPS) is 12.5.